The molecule has 0 saturated carbocycles. The van der Waals surface area contributed by atoms with Gasteiger partial charge in [-0.1, -0.05) is 6.92 Å². The molecule has 1 heterocycles. The van der Waals surface area contributed by atoms with Crippen molar-refractivity contribution in [3.8, 4) is 0 Å². The minimum Gasteiger partial charge on any atom is -0.346 e. The van der Waals surface area contributed by atoms with Crippen LogP contribution in [0.2, 0.25) is 0 Å². The van der Waals surface area contributed by atoms with Gasteiger partial charge in [0.1, 0.15) is 0 Å². The van der Waals surface area contributed by atoms with Crippen LogP contribution in [0.4, 0.5) is 5.13 Å². The number of nitrogens with zero attached hydrogens (tertiary/aromatic N) is 2. The second-order valence-corrected chi connectivity index (χ2v) is 5.82. The zero-order chi connectivity index (χ0) is 12.3. The molecule has 4 heteroatoms. The van der Waals surface area contributed by atoms with E-state index in [4.69, 9.17) is 0 Å². The van der Waals surface area contributed by atoms with Crippen molar-refractivity contribution in [3.63, 3.8) is 0 Å². The molecule has 16 heavy (non-hydrogen) atoms. The van der Waals surface area contributed by atoms with E-state index < -0.39 is 0 Å². The fraction of sp³-hybridized carbons (Fsp3) is 0.750. The largest absolute Gasteiger partial charge is 0.346 e. The van der Waals surface area contributed by atoms with Crippen LogP contribution in [0.3, 0.4) is 0 Å². The standard InChI is InChI=1S/C12H23N3S/c1-7-12(3,4)15(6)11-14-8-10(16-11)9(2)13-5/h8-9,13H,7H2,1-6H3. The number of thiazole rings is 1. The van der Waals surface area contributed by atoms with Crippen molar-refractivity contribution in [2.24, 2.45) is 0 Å². The van der Waals surface area contributed by atoms with Crippen molar-refractivity contribution < 1.29 is 0 Å². The summed E-state index contributed by atoms with van der Waals surface area (Å²) in [6.45, 7) is 8.86. The quantitative estimate of drug-likeness (QED) is 0.859. The fourth-order valence-corrected chi connectivity index (χ4v) is 2.37. The summed E-state index contributed by atoms with van der Waals surface area (Å²) in [6, 6.07) is 0.379. The van der Waals surface area contributed by atoms with E-state index in [1.54, 1.807) is 11.3 Å². The van der Waals surface area contributed by atoms with Crippen LogP contribution in [0.5, 0.6) is 0 Å². The van der Waals surface area contributed by atoms with Gasteiger partial charge in [0.25, 0.3) is 0 Å². The van der Waals surface area contributed by atoms with Gasteiger partial charge >= 0.3 is 0 Å². The predicted octanol–water partition coefficient (Wildman–Crippen LogP) is 3.05. The Morgan fingerprint density at radius 1 is 1.56 bits per heavy atom. The molecule has 0 aliphatic rings. The summed E-state index contributed by atoms with van der Waals surface area (Å²) in [4.78, 5) is 8.06. The van der Waals surface area contributed by atoms with Gasteiger partial charge < -0.3 is 10.2 Å². The van der Waals surface area contributed by atoms with Crippen molar-refractivity contribution >= 4 is 16.5 Å². The van der Waals surface area contributed by atoms with Crippen LogP contribution >= 0.6 is 11.3 Å². The van der Waals surface area contributed by atoms with Crippen LogP contribution in [0.1, 0.15) is 45.0 Å². The Morgan fingerprint density at radius 2 is 2.19 bits per heavy atom. The van der Waals surface area contributed by atoms with Gasteiger partial charge in [-0.15, -0.1) is 11.3 Å². The lowest BCUT2D eigenvalue weighted by Crippen LogP contribution is -2.40. The molecule has 0 aromatic carbocycles. The highest BCUT2D eigenvalue weighted by Crippen LogP contribution is 2.31. The first kappa shape index (κ1) is 13.5. The second-order valence-electron chi connectivity index (χ2n) is 4.78. The highest BCUT2D eigenvalue weighted by Gasteiger charge is 2.24. The number of rotatable bonds is 5. The summed E-state index contributed by atoms with van der Waals surface area (Å²) in [5.74, 6) is 0. The van der Waals surface area contributed by atoms with Gasteiger partial charge in [0.15, 0.2) is 5.13 Å². The molecule has 3 nitrogen and oxygen atoms in total. The molecule has 0 fully saturated rings. The van der Waals surface area contributed by atoms with Crippen molar-refractivity contribution in [2.45, 2.75) is 45.7 Å². The summed E-state index contributed by atoms with van der Waals surface area (Å²) >= 11 is 1.77. The number of nitrogens with one attached hydrogen (secondary N) is 1. The van der Waals surface area contributed by atoms with Crippen LogP contribution in [0, 0.1) is 0 Å². The van der Waals surface area contributed by atoms with E-state index in [0.29, 0.717) is 6.04 Å². The zero-order valence-corrected chi connectivity index (χ0v) is 12.0. The van der Waals surface area contributed by atoms with Crippen molar-refractivity contribution in [1.82, 2.24) is 10.3 Å². The Balaban J connectivity index is 2.86. The molecule has 0 aliphatic heterocycles. The third-order valence-electron chi connectivity index (χ3n) is 3.43. The maximum absolute atomic E-state index is 4.50. The molecule has 0 saturated heterocycles. The molecule has 1 aromatic rings. The van der Waals surface area contributed by atoms with Crippen LogP contribution < -0.4 is 10.2 Å². The molecule has 0 aliphatic carbocycles. The predicted molar refractivity (Wildman–Crippen MR) is 72.4 cm³/mol. The zero-order valence-electron chi connectivity index (χ0n) is 11.2. The Hall–Kier alpha value is -0.610. The molecular weight excluding hydrogens is 218 g/mol. The molecule has 1 aromatic heterocycles. The van der Waals surface area contributed by atoms with Gasteiger partial charge in [-0.25, -0.2) is 4.98 Å². The monoisotopic (exact) mass is 241 g/mol. The molecule has 92 valence electrons. The lowest BCUT2D eigenvalue weighted by atomic mass is 10.0. The minimum atomic E-state index is 0.165. The van der Waals surface area contributed by atoms with Crippen LogP contribution in [-0.2, 0) is 0 Å². The average molecular weight is 241 g/mol. The van der Waals surface area contributed by atoms with Gasteiger partial charge in [0, 0.05) is 29.7 Å². The van der Waals surface area contributed by atoms with Crippen molar-refractivity contribution in [2.75, 3.05) is 19.0 Å². The van der Waals surface area contributed by atoms with Gasteiger partial charge in [-0.2, -0.15) is 0 Å². The Bertz CT molecular complexity index is 333. The molecule has 0 radical (unpaired) electrons. The Morgan fingerprint density at radius 3 is 2.69 bits per heavy atom. The SMILES string of the molecule is CCC(C)(C)N(C)c1ncc(C(C)NC)s1. The summed E-state index contributed by atoms with van der Waals surface area (Å²) in [5.41, 5.74) is 0.165. The molecule has 0 amide bonds. The summed E-state index contributed by atoms with van der Waals surface area (Å²) in [5, 5.41) is 4.34. The number of hydrogen-bond acceptors (Lipinski definition) is 4. The lowest BCUT2D eigenvalue weighted by molar-refractivity contribution is 0.470. The van der Waals surface area contributed by atoms with Gasteiger partial charge in [-0.3, -0.25) is 0 Å². The van der Waals surface area contributed by atoms with E-state index in [1.165, 1.54) is 4.88 Å². The first-order valence-corrected chi connectivity index (χ1v) is 6.61. The van der Waals surface area contributed by atoms with E-state index in [-0.39, 0.29) is 5.54 Å². The average Bonchev–Trinajstić information content (AvgIpc) is 2.76. The van der Waals surface area contributed by atoms with Gasteiger partial charge in [0.05, 0.1) is 0 Å². The smallest absolute Gasteiger partial charge is 0.185 e. The highest BCUT2D eigenvalue weighted by molar-refractivity contribution is 7.15. The third-order valence-corrected chi connectivity index (χ3v) is 4.69. The molecule has 1 N–H and O–H groups in total. The number of anilines is 1. The molecule has 0 bridgehead atoms. The third kappa shape index (κ3) is 2.74. The molecule has 1 unspecified atom stereocenters. The molecule has 1 atom stereocenters. The normalized spacial score (nSPS) is 13.9. The fourth-order valence-electron chi connectivity index (χ4n) is 1.27. The molecular formula is C12H23N3S. The number of aromatic nitrogens is 1. The van der Waals surface area contributed by atoms with Crippen LogP contribution in [-0.4, -0.2) is 24.6 Å². The maximum atomic E-state index is 4.50. The van der Waals surface area contributed by atoms with Gasteiger partial charge in [0.2, 0.25) is 0 Å². The summed E-state index contributed by atoms with van der Waals surface area (Å²) in [6.07, 6.45) is 3.09. The van der Waals surface area contributed by atoms with E-state index >= 15 is 0 Å². The summed E-state index contributed by atoms with van der Waals surface area (Å²) in [7, 11) is 4.10. The van der Waals surface area contributed by atoms with Crippen molar-refractivity contribution in [1.29, 1.82) is 0 Å². The Kier molecular flexibility index (Phi) is 4.33. The Labute approximate surface area is 103 Å². The molecule has 0 spiro atoms. The number of hydrogen-bond donors (Lipinski definition) is 1. The highest BCUT2D eigenvalue weighted by atomic mass is 32.1. The van der Waals surface area contributed by atoms with E-state index in [1.807, 2.05) is 13.2 Å². The summed E-state index contributed by atoms with van der Waals surface area (Å²) < 4.78 is 0. The minimum absolute atomic E-state index is 0.165. The topological polar surface area (TPSA) is 28.2 Å². The van der Waals surface area contributed by atoms with Gasteiger partial charge in [-0.05, 0) is 34.2 Å². The van der Waals surface area contributed by atoms with Crippen LogP contribution in [0.15, 0.2) is 6.20 Å². The van der Waals surface area contributed by atoms with Crippen molar-refractivity contribution in [3.05, 3.63) is 11.1 Å². The first-order chi connectivity index (χ1) is 7.42. The lowest BCUT2D eigenvalue weighted by Gasteiger charge is -2.34. The second kappa shape index (κ2) is 5.15. The molecule has 1 rings (SSSR count). The van der Waals surface area contributed by atoms with Crippen LogP contribution in [0.25, 0.3) is 0 Å². The van der Waals surface area contributed by atoms with E-state index in [0.717, 1.165) is 11.6 Å². The first-order valence-electron chi connectivity index (χ1n) is 5.79. The van der Waals surface area contributed by atoms with E-state index in [2.05, 4.69) is 49.9 Å². The maximum Gasteiger partial charge on any atom is 0.185 e. The van der Waals surface area contributed by atoms with E-state index in [9.17, 15) is 0 Å².